The van der Waals surface area contributed by atoms with Crippen molar-refractivity contribution in [3.8, 4) is 0 Å². The average Bonchev–Trinajstić information content (AvgIpc) is 3.28. The second kappa shape index (κ2) is 9.40. The van der Waals surface area contributed by atoms with E-state index in [1.807, 2.05) is 25.1 Å². The molecule has 1 N–H and O–H groups in total. The fourth-order valence-electron chi connectivity index (χ4n) is 4.30. The molecular weight excluding hydrogens is 374 g/mol. The van der Waals surface area contributed by atoms with Crippen molar-refractivity contribution in [1.29, 1.82) is 0 Å². The maximum Gasteiger partial charge on any atom is 0.227 e. The Labute approximate surface area is 182 Å². The Morgan fingerprint density at radius 2 is 1.73 bits per heavy atom. The van der Waals surface area contributed by atoms with Crippen LogP contribution in [0.15, 0.2) is 18.2 Å². The summed E-state index contributed by atoms with van der Waals surface area (Å²) in [6.45, 7) is 7.77. The third-order valence-corrected chi connectivity index (χ3v) is 6.13. The molecule has 2 saturated carbocycles. The van der Waals surface area contributed by atoms with Gasteiger partial charge in [-0.05, 0) is 60.8 Å². The largest absolute Gasteiger partial charge is 0.377 e. The van der Waals surface area contributed by atoms with Crippen LogP contribution in [0.1, 0.15) is 71.3 Å². The molecule has 0 aliphatic heterocycles. The molecule has 166 valence electrons. The molecule has 0 spiro atoms. The third-order valence-electron chi connectivity index (χ3n) is 6.13. The maximum absolute atomic E-state index is 13.1. The van der Waals surface area contributed by atoms with Gasteiger partial charge in [0.05, 0.1) is 0 Å². The Bertz CT molecular complexity index is 756. The van der Waals surface area contributed by atoms with Crippen LogP contribution in [0.4, 0.5) is 11.4 Å². The Balaban J connectivity index is 1.79. The topological polar surface area (TPSA) is 52.7 Å². The Kier molecular flexibility index (Phi) is 7.10. The molecule has 0 aromatic heterocycles. The van der Waals surface area contributed by atoms with E-state index >= 15 is 0 Å². The van der Waals surface area contributed by atoms with Crippen molar-refractivity contribution >= 4 is 23.2 Å². The number of hydrogen-bond donors (Lipinski definition) is 1. The number of rotatable bonds is 8. The van der Waals surface area contributed by atoms with Gasteiger partial charge in [0.1, 0.15) is 0 Å². The van der Waals surface area contributed by atoms with Gasteiger partial charge in [-0.25, -0.2) is 0 Å². The average molecular weight is 414 g/mol. The predicted molar refractivity (Wildman–Crippen MR) is 124 cm³/mol. The number of amides is 2. The van der Waals surface area contributed by atoms with Crippen LogP contribution >= 0.6 is 0 Å². The van der Waals surface area contributed by atoms with Gasteiger partial charge in [0.2, 0.25) is 11.8 Å². The molecule has 30 heavy (non-hydrogen) atoms. The minimum absolute atomic E-state index is 0.0274. The normalized spacial score (nSPS) is 17.1. The molecule has 0 bridgehead atoms. The second-order valence-electron chi connectivity index (χ2n) is 10.7. The first-order valence-corrected chi connectivity index (χ1v) is 11.5. The molecule has 1 aromatic rings. The van der Waals surface area contributed by atoms with Crippen LogP contribution in [0.25, 0.3) is 0 Å². The van der Waals surface area contributed by atoms with E-state index in [0.29, 0.717) is 18.9 Å². The second-order valence-corrected chi connectivity index (χ2v) is 10.7. The first-order valence-electron chi connectivity index (χ1n) is 11.5. The van der Waals surface area contributed by atoms with Crippen LogP contribution < -0.4 is 10.2 Å². The number of carbonyl (C=O) groups excluding carboxylic acids is 2. The summed E-state index contributed by atoms with van der Waals surface area (Å²) in [5.41, 5.74) is 2.99. The van der Waals surface area contributed by atoms with Crippen molar-refractivity contribution in [2.24, 2.45) is 17.3 Å². The number of nitrogens with zero attached hydrogens (tertiary/aromatic N) is 2. The van der Waals surface area contributed by atoms with Gasteiger partial charge in [-0.3, -0.25) is 9.59 Å². The van der Waals surface area contributed by atoms with E-state index in [2.05, 4.69) is 43.1 Å². The highest BCUT2D eigenvalue weighted by molar-refractivity contribution is 5.93. The minimum Gasteiger partial charge on any atom is -0.377 e. The van der Waals surface area contributed by atoms with Crippen LogP contribution in [0, 0.1) is 17.3 Å². The SMILES string of the molecule is CN(C)c1ccc(NC(=O)C2CCCC2)cc1CN(CC1CC1)C(=O)CC(C)(C)C. The zero-order valence-electron chi connectivity index (χ0n) is 19.5. The molecule has 5 nitrogen and oxygen atoms in total. The van der Waals surface area contributed by atoms with E-state index in [4.69, 9.17) is 0 Å². The molecule has 5 heteroatoms. The smallest absolute Gasteiger partial charge is 0.227 e. The molecule has 0 unspecified atom stereocenters. The summed E-state index contributed by atoms with van der Waals surface area (Å²) in [4.78, 5) is 29.8. The first-order chi connectivity index (χ1) is 14.1. The van der Waals surface area contributed by atoms with E-state index in [1.165, 1.54) is 12.8 Å². The van der Waals surface area contributed by atoms with E-state index in [0.717, 1.165) is 49.2 Å². The summed E-state index contributed by atoms with van der Waals surface area (Å²) in [6, 6.07) is 6.10. The van der Waals surface area contributed by atoms with Gasteiger partial charge in [0.25, 0.3) is 0 Å². The monoisotopic (exact) mass is 413 g/mol. The summed E-state index contributed by atoms with van der Waals surface area (Å²) in [7, 11) is 4.05. The standard InChI is InChI=1S/C25H39N3O2/c1-25(2,3)15-23(29)28(16-18-10-11-18)17-20-14-21(12-13-22(20)27(4)5)26-24(30)19-8-6-7-9-19/h12-14,18-19H,6-11,15-17H2,1-5H3,(H,26,30). The molecule has 2 amide bonds. The number of carbonyl (C=O) groups is 2. The molecule has 1 aromatic carbocycles. The summed E-state index contributed by atoms with van der Waals surface area (Å²) in [5, 5.41) is 3.12. The molecule has 2 aliphatic carbocycles. The van der Waals surface area contributed by atoms with Crippen LogP contribution in [-0.2, 0) is 16.1 Å². The highest BCUT2D eigenvalue weighted by Crippen LogP contribution is 2.33. The van der Waals surface area contributed by atoms with Gasteiger partial charge in [-0.1, -0.05) is 33.6 Å². The summed E-state index contributed by atoms with van der Waals surface area (Å²) >= 11 is 0. The molecule has 0 radical (unpaired) electrons. The lowest BCUT2D eigenvalue weighted by atomic mass is 9.91. The van der Waals surface area contributed by atoms with Crippen LogP contribution in [-0.4, -0.2) is 37.4 Å². The van der Waals surface area contributed by atoms with E-state index in [9.17, 15) is 9.59 Å². The highest BCUT2D eigenvalue weighted by atomic mass is 16.2. The fourth-order valence-corrected chi connectivity index (χ4v) is 4.30. The van der Waals surface area contributed by atoms with E-state index in [-0.39, 0.29) is 23.1 Å². The predicted octanol–water partition coefficient (Wildman–Crippen LogP) is 5.06. The zero-order valence-corrected chi connectivity index (χ0v) is 19.5. The molecule has 3 rings (SSSR count). The van der Waals surface area contributed by atoms with Crippen molar-refractivity contribution < 1.29 is 9.59 Å². The fraction of sp³-hybridized carbons (Fsp3) is 0.680. The zero-order chi connectivity index (χ0) is 21.9. The Morgan fingerprint density at radius 1 is 1.07 bits per heavy atom. The quantitative estimate of drug-likeness (QED) is 0.648. The van der Waals surface area contributed by atoms with Crippen molar-refractivity contribution in [1.82, 2.24) is 4.90 Å². The Morgan fingerprint density at radius 3 is 2.30 bits per heavy atom. The van der Waals surface area contributed by atoms with Crippen molar-refractivity contribution in [2.45, 2.75) is 72.3 Å². The lowest BCUT2D eigenvalue weighted by Crippen LogP contribution is -2.35. The minimum atomic E-state index is -0.0274. The first kappa shape index (κ1) is 22.6. The molecule has 2 fully saturated rings. The van der Waals surface area contributed by atoms with Crippen molar-refractivity contribution in [2.75, 3.05) is 30.9 Å². The van der Waals surface area contributed by atoms with Crippen molar-refractivity contribution in [3.63, 3.8) is 0 Å². The number of nitrogens with one attached hydrogen (secondary N) is 1. The van der Waals surface area contributed by atoms with E-state index < -0.39 is 0 Å². The summed E-state index contributed by atoms with van der Waals surface area (Å²) in [6.07, 6.45) is 7.27. The summed E-state index contributed by atoms with van der Waals surface area (Å²) in [5.74, 6) is 1.14. The highest BCUT2D eigenvalue weighted by Gasteiger charge is 2.29. The van der Waals surface area contributed by atoms with Crippen LogP contribution in [0.3, 0.4) is 0 Å². The molecular formula is C25H39N3O2. The maximum atomic E-state index is 13.1. The van der Waals surface area contributed by atoms with Gasteiger partial charge in [-0.2, -0.15) is 0 Å². The number of anilines is 2. The van der Waals surface area contributed by atoms with Gasteiger partial charge >= 0.3 is 0 Å². The summed E-state index contributed by atoms with van der Waals surface area (Å²) < 4.78 is 0. The molecule has 0 atom stereocenters. The lowest BCUT2D eigenvalue weighted by molar-refractivity contribution is -0.134. The van der Waals surface area contributed by atoms with Gasteiger partial charge in [0.15, 0.2) is 0 Å². The van der Waals surface area contributed by atoms with E-state index in [1.54, 1.807) is 0 Å². The van der Waals surface area contributed by atoms with Gasteiger partial charge in [0, 0.05) is 50.9 Å². The number of hydrogen-bond acceptors (Lipinski definition) is 3. The van der Waals surface area contributed by atoms with Gasteiger partial charge in [-0.15, -0.1) is 0 Å². The van der Waals surface area contributed by atoms with Crippen molar-refractivity contribution in [3.05, 3.63) is 23.8 Å². The van der Waals surface area contributed by atoms with Gasteiger partial charge < -0.3 is 15.1 Å². The Hall–Kier alpha value is -2.04. The third kappa shape index (κ3) is 6.48. The lowest BCUT2D eigenvalue weighted by Gasteiger charge is -2.29. The molecule has 2 aliphatic rings. The van der Waals surface area contributed by atoms with Crippen LogP contribution in [0.5, 0.6) is 0 Å². The van der Waals surface area contributed by atoms with Crippen LogP contribution in [0.2, 0.25) is 0 Å². The molecule has 0 heterocycles. The number of benzene rings is 1. The molecule has 0 saturated heterocycles.